The minimum absolute atomic E-state index is 0.00715. The molecule has 8 nitrogen and oxygen atoms in total. The lowest BCUT2D eigenvalue weighted by Crippen LogP contribution is -2.45. The Kier molecular flexibility index (Phi) is 5.65. The lowest BCUT2D eigenvalue weighted by atomic mass is 9.95. The van der Waals surface area contributed by atoms with Crippen molar-refractivity contribution in [3.63, 3.8) is 0 Å². The molecule has 0 atom stereocenters. The van der Waals surface area contributed by atoms with E-state index in [0.29, 0.717) is 50.3 Å². The third-order valence-corrected chi connectivity index (χ3v) is 5.74. The summed E-state index contributed by atoms with van der Waals surface area (Å²) in [4.78, 5) is 39.5. The third-order valence-electron chi connectivity index (χ3n) is 5.74. The fourth-order valence-corrected chi connectivity index (χ4v) is 4.06. The zero-order chi connectivity index (χ0) is 21.1. The number of nitro benzene ring substituents is 1. The highest BCUT2D eigenvalue weighted by Crippen LogP contribution is 2.34. The van der Waals surface area contributed by atoms with E-state index in [9.17, 15) is 19.7 Å². The maximum Gasteiger partial charge on any atom is 0.271 e. The topological polar surface area (TPSA) is 93.0 Å². The maximum atomic E-state index is 13.1. The highest BCUT2D eigenvalue weighted by Gasteiger charge is 2.34. The van der Waals surface area contributed by atoms with E-state index in [4.69, 9.17) is 4.74 Å². The lowest BCUT2D eigenvalue weighted by Gasteiger charge is -2.33. The number of non-ortho nitro benzene ring substituents is 1. The van der Waals surface area contributed by atoms with Crippen LogP contribution in [0.25, 0.3) is 0 Å². The Morgan fingerprint density at radius 1 is 1.07 bits per heavy atom. The van der Waals surface area contributed by atoms with Gasteiger partial charge in [0.25, 0.3) is 11.6 Å². The van der Waals surface area contributed by atoms with Crippen LogP contribution >= 0.6 is 0 Å². The fourth-order valence-electron chi connectivity index (χ4n) is 4.06. The Balaban J connectivity index is 1.33. The summed E-state index contributed by atoms with van der Waals surface area (Å²) in [7, 11) is 0. The van der Waals surface area contributed by atoms with Crippen molar-refractivity contribution in [1.29, 1.82) is 0 Å². The van der Waals surface area contributed by atoms with Crippen molar-refractivity contribution in [2.45, 2.75) is 19.3 Å². The van der Waals surface area contributed by atoms with Gasteiger partial charge >= 0.3 is 0 Å². The van der Waals surface area contributed by atoms with Crippen molar-refractivity contribution < 1.29 is 19.2 Å². The van der Waals surface area contributed by atoms with Crippen LogP contribution in [0.1, 0.15) is 18.4 Å². The van der Waals surface area contributed by atoms with Crippen LogP contribution in [0.4, 0.5) is 11.4 Å². The van der Waals surface area contributed by atoms with Gasteiger partial charge in [-0.25, -0.2) is 0 Å². The van der Waals surface area contributed by atoms with Gasteiger partial charge in [-0.2, -0.15) is 0 Å². The molecule has 1 saturated heterocycles. The number of carbonyl (C=O) groups is 2. The molecular formula is C22H23N3O5. The normalized spacial score (nSPS) is 16.3. The van der Waals surface area contributed by atoms with Gasteiger partial charge in [-0.1, -0.05) is 24.3 Å². The van der Waals surface area contributed by atoms with Crippen LogP contribution in [0.15, 0.2) is 48.5 Å². The van der Waals surface area contributed by atoms with E-state index in [1.165, 1.54) is 12.1 Å². The summed E-state index contributed by atoms with van der Waals surface area (Å²) in [6.07, 6.45) is 1.86. The van der Waals surface area contributed by atoms with Gasteiger partial charge in [-0.15, -0.1) is 0 Å². The first-order valence-corrected chi connectivity index (χ1v) is 10.1. The van der Waals surface area contributed by atoms with E-state index >= 15 is 0 Å². The number of likely N-dealkylation sites (tertiary alicyclic amines) is 1. The third kappa shape index (κ3) is 4.12. The molecule has 0 bridgehead atoms. The minimum Gasteiger partial charge on any atom is -0.484 e. The van der Waals surface area contributed by atoms with Crippen molar-refractivity contribution in [3.8, 4) is 5.75 Å². The molecule has 0 N–H and O–H groups in total. The van der Waals surface area contributed by atoms with Gasteiger partial charge in [-0.3, -0.25) is 19.7 Å². The van der Waals surface area contributed by atoms with Crippen molar-refractivity contribution in [3.05, 3.63) is 64.2 Å². The molecule has 8 heteroatoms. The summed E-state index contributed by atoms with van der Waals surface area (Å²) < 4.78 is 5.52. The quantitative estimate of drug-likeness (QED) is 0.559. The number of hydrogen-bond acceptors (Lipinski definition) is 5. The number of nitrogens with zero attached hydrogens (tertiary/aromatic N) is 3. The molecule has 2 heterocycles. The number of amides is 2. The van der Waals surface area contributed by atoms with E-state index in [0.717, 1.165) is 5.56 Å². The first-order valence-electron chi connectivity index (χ1n) is 10.1. The number of carbonyl (C=O) groups excluding carboxylic acids is 2. The molecule has 2 amide bonds. The Morgan fingerprint density at radius 2 is 1.80 bits per heavy atom. The van der Waals surface area contributed by atoms with Crippen LogP contribution < -0.4 is 9.64 Å². The molecule has 2 aliphatic rings. The number of piperidine rings is 1. The molecule has 0 radical (unpaired) electrons. The first-order chi connectivity index (χ1) is 14.5. The molecule has 156 valence electrons. The second kappa shape index (κ2) is 8.52. The number of anilines is 1. The largest absolute Gasteiger partial charge is 0.484 e. The summed E-state index contributed by atoms with van der Waals surface area (Å²) in [6.45, 7) is 1.53. The number of benzene rings is 2. The predicted molar refractivity (Wildman–Crippen MR) is 110 cm³/mol. The van der Waals surface area contributed by atoms with Crippen LogP contribution in [-0.2, 0) is 16.0 Å². The number of ether oxygens (including phenoxy) is 1. The van der Waals surface area contributed by atoms with Crippen molar-refractivity contribution in [2.24, 2.45) is 5.92 Å². The Morgan fingerprint density at radius 3 is 2.50 bits per heavy atom. The fraction of sp³-hybridized carbons (Fsp3) is 0.364. The molecule has 0 aromatic heterocycles. The van der Waals surface area contributed by atoms with Gasteiger partial charge < -0.3 is 14.5 Å². The highest BCUT2D eigenvalue weighted by molar-refractivity contribution is 5.97. The van der Waals surface area contributed by atoms with E-state index in [-0.39, 0.29) is 30.0 Å². The molecule has 2 aliphatic heterocycles. The SMILES string of the molecule is O=C(COc1ccccc1)N1CCC(C(=O)N2CCc3ccc([N+](=O)[O-])cc32)CC1. The number of rotatable bonds is 5. The second-order valence-electron chi connectivity index (χ2n) is 7.57. The summed E-state index contributed by atoms with van der Waals surface area (Å²) >= 11 is 0. The molecule has 0 saturated carbocycles. The van der Waals surface area contributed by atoms with Gasteiger partial charge in [0.2, 0.25) is 5.91 Å². The maximum absolute atomic E-state index is 13.1. The van der Waals surface area contributed by atoms with E-state index in [2.05, 4.69) is 0 Å². The molecule has 0 spiro atoms. The van der Waals surface area contributed by atoms with Crippen LogP contribution in [0.3, 0.4) is 0 Å². The van der Waals surface area contributed by atoms with Crippen LogP contribution in [0.5, 0.6) is 5.75 Å². The van der Waals surface area contributed by atoms with E-state index < -0.39 is 4.92 Å². The first kappa shape index (κ1) is 19.9. The molecule has 0 unspecified atom stereocenters. The molecular weight excluding hydrogens is 386 g/mol. The summed E-state index contributed by atoms with van der Waals surface area (Å²) in [6, 6.07) is 13.9. The molecule has 30 heavy (non-hydrogen) atoms. The molecule has 4 rings (SSSR count). The average Bonchev–Trinajstić information content (AvgIpc) is 3.21. The smallest absolute Gasteiger partial charge is 0.271 e. The van der Waals surface area contributed by atoms with Gasteiger partial charge in [0.05, 0.1) is 10.6 Å². The highest BCUT2D eigenvalue weighted by atomic mass is 16.6. The molecule has 1 fully saturated rings. The Bertz CT molecular complexity index is 955. The van der Waals surface area contributed by atoms with E-state index in [1.807, 2.05) is 18.2 Å². The zero-order valence-corrected chi connectivity index (χ0v) is 16.5. The Labute approximate surface area is 174 Å². The Hall–Kier alpha value is -3.42. The van der Waals surface area contributed by atoms with Gasteiger partial charge in [0.1, 0.15) is 5.75 Å². The van der Waals surface area contributed by atoms with Crippen LogP contribution in [0, 0.1) is 16.0 Å². The monoisotopic (exact) mass is 409 g/mol. The van der Waals surface area contributed by atoms with E-state index in [1.54, 1.807) is 28.0 Å². The number of para-hydroxylation sites is 1. The number of nitro groups is 1. The van der Waals surface area contributed by atoms with Gasteiger partial charge in [0, 0.05) is 37.7 Å². The minimum atomic E-state index is -0.442. The molecule has 2 aromatic rings. The molecule has 2 aromatic carbocycles. The van der Waals surface area contributed by atoms with Gasteiger partial charge in [0.15, 0.2) is 6.61 Å². The van der Waals surface area contributed by atoms with Gasteiger partial charge in [-0.05, 0) is 37.0 Å². The molecule has 0 aliphatic carbocycles. The van der Waals surface area contributed by atoms with Crippen molar-refractivity contribution in [2.75, 3.05) is 31.1 Å². The zero-order valence-electron chi connectivity index (χ0n) is 16.5. The lowest BCUT2D eigenvalue weighted by molar-refractivity contribution is -0.384. The van der Waals surface area contributed by atoms with Crippen molar-refractivity contribution in [1.82, 2.24) is 4.90 Å². The number of hydrogen-bond donors (Lipinski definition) is 0. The second-order valence-corrected chi connectivity index (χ2v) is 7.57. The summed E-state index contributed by atoms with van der Waals surface area (Å²) in [5.74, 6) is 0.362. The summed E-state index contributed by atoms with van der Waals surface area (Å²) in [5, 5.41) is 11.1. The van der Waals surface area contributed by atoms with Crippen LogP contribution in [0.2, 0.25) is 0 Å². The standard InChI is InChI=1S/C22H23N3O5/c26-21(15-30-19-4-2-1-3-5-19)23-11-8-17(9-12-23)22(27)24-13-10-16-6-7-18(25(28)29)14-20(16)24/h1-7,14,17H,8-13,15H2. The number of fused-ring (bicyclic) bond motifs is 1. The van der Waals surface area contributed by atoms with Crippen molar-refractivity contribution >= 4 is 23.2 Å². The van der Waals surface area contributed by atoms with Crippen LogP contribution in [-0.4, -0.2) is 47.9 Å². The summed E-state index contributed by atoms with van der Waals surface area (Å²) in [5.41, 5.74) is 1.59. The average molecular weight is 409 g/mol. The predicted octanol–water partition coefficient (Wildman–Crippen LogP) is 2.80.